The molecular formula is C6H10O8. The third-order valence-electron chi connectivity index (χ3n) is 0.756. The predicted octanol–water partition coefficient (Wildman–Crippen LogP) is 1.11. The second-order valence-electron chi connectivity index (χ2n) is 1.67. The molecule has 0 saturated heterocycles. The highest BCUT2D eigenvalue weighted by molar-refractivity contribution is 5.59. The number of hydrogen-bond acceptors (Lipinski definition) is 8. The largest absolute Gasteiger partial charge is 0.542 e. The van der Waals surface area contributed by atoms with Gasteiger partial charge in [-0.2, -0.15) is 0 Å². The van der Waals surface area contributed by atoms with Crippen molar-refractivity contribution in [3.05, 3.63) is 0 Å². The molecule has 0 aliphatic carbocycles. The minimum Gasteiger partial charge on any atom is -0.433 e. The predicted molar refractivity (Wildman–Crippen MR) is 38.4 cm³/mol. The van der Waals surface area contributed by atoms with Crippen LogP contribution in [0.15, 0.2) is 0 Å². The van der Waals surface area contributed by atoms with E-state index < -0.39 is 12.3 Å². The van der Waals surface area contributed by atoms with Crippen LogP contribution in [0.4, 0.5) is 9.59 Å². The van der Waals surface area contributed by atoms with Crippen molar-refractivity contribution in [2.75, 3.05) is 13.2 Å². The van der Waals surface area contributed by atoms with E-state index in [1.54, 1.807) is 13.8 Å². The zero-order valence-electron chi connectivity index (χ0n) is 7.68. The Labute approximate surface area is 79.4 Å². The fourth-order valence-electron chi connectivity index (χ4n) is 0.367. The molecule has 0 N–H and O–H groups in total. The van der Waals surface area contributed by atoms with Gasteiger partial charge in [0.1, 0.15) is 0 Å². The molecule has 0 rings (SSSR count). The molecule has 0 fully saturated rings. The molecule has 0 heterocycles. The molecule has 0 radical (unpaired) electrons. The summed E-state index contributed by atoms with van der Waals surface area (Å²) in [7, 11) is 0. The first-order chi connectivity index (χ1) is 6.70. The quantitative estimate of drug-likeness (QED) is 0.288. The average molecular weight is 210 g/mol. The van der Waals surface area contributed by atoms with Crippen molar-refractivity contribution in [1.82, 2.24) is 0 Å². The maximum atomic E-state index is 10.4. The molecule has 0 aromatic rings. The molecule has 8 heteroatoms. The number of carbonyl (C=O) groups excluding carboxylic acids is 2. The molecule has 0 atom stereocenters. The van der Waals surface area contributed by atoms with E-state index in [1.165, 1.54) is 0 Å². The van der Waals surface area contributed by atoms with Gasteiger partial charge >= 0.3 is 12.3 Å². The van der Waals surface area contributed by atoms with Crippen molar-refractivity contribution in [1.29, 1.82) is 0 Å². The van der Waals surface area contributed by atoms with Gasteiger partial charge in [-0.1, -0.05) is 0 Å². The Morgan fingerprint density at radius 3 is 1.50 bits per heavy atom. The van der Waals surface area contributed by atoms with Crippen LogP contribution in [-0.2, 0) is 29.3 Å². The number of ether oxygens (including phenoxy) is 2. The topological polar surface area (TPSA) is 89.5 Å². The minimum atomic E-state index is -1.13. The maximum absolute atomic E-state index is 10.4. The van der Waals surface area contributed by atoms with Crippen LogP contribution in [0.1, 0.15) is 13.8 Å². The Hall–Kier alpha value is -1.54. The van der Waals surface area contributed by atoms with Crippen LogP contribution in [0.2, 0.25) is 0 Å². The summed E-state index contributed by atoms with van der Waals surface area (Å²) < 4.78 is 8.52. The average Bonchev–Trinajstić information content (AvgIpc) is 2.13. The second kappa shape index (κ2) is 8.08. The molecule has 0 aromatic heterocycles. The Morgan fingerprint density at radius 1 is 0.857 bits per heavy atom. The molecule has 0 aromatic carbocycles. The maximum Gasteiger partial charge on any atom is 0.542 e. The summed E-state index contributed by atoms with van der Waals surface area (Å²) in [5, 5.41) is 7.33. The van der Waals surface area contributed by atoms with Gasteiger partial charge in [0.05, 0.1) is 13.2 Å². The van der Waals surface area contributed by atoms with Crippen molar-refractivity contribution < 1.29 is 38.9 Å². The Kier molecular flexibility index (Phi) is 7.19. The third-order valence-corrected chi connectivity index (χ3v) is 0.756. The van der Waals surface area contributed by atoms with E-state index in [4.69, 9.17) is 0 Å². The molecule has 0 spiro atoms. The van der Waals surface area contributed by atoms with Crippen LogP contribution in [0.5, 0.6) is 0 Å². The summed E-state index contributed by atoms with van der Waals surface area (Å²) in [6.45, 7) is 3.36. The van der Waals surface area contributed by atoms with E-state index in [0.29, 0.717) is 0 Å². The van der Waals surface area contributed by atoms with Gasteiger partial charge in [-0.25, -0.2) is 19.4 Å². The molecule has 0 saturated carbocycles. The minimum absolute atomic E-state index is 0.112. The Morgan fingerprint density at radius 2 is 1.21 bits per heavy atom. The second-order valence-corrected chi connectivity index (χ2v) is 1.67. The molecular weight excluding hydrogens is 200 g/mol. The number of carbonyl (C=O) groups is 2. The van der Waals surface area contributed by atoms with E-state index >= 15 is 0 Å². The van der Waals surface area contributed by atoms with Gasteiger partial charge in [-0.3, -0.25) is 0 Å². The highest BCUT2D eigenvalue weighted by Gasteiger charge is 2.07. The molecule has 0 aliphatic rings. The van der Waals surface area contributed by atoms with Crippen LogP contribution >= 0.6 is 0 Å². The molecule has 14 heavy (non-hydrogen) atoms. The first kappa shape index (κ1) is 12.5. The van der Waals surface area contributed by atoms with Gasteiger partial charge < -0.3 is 9.47 Å². The highest BCUT2D eigenvalue weighted by atomic mass is 17.7. The fourth-order valence-corrected chi connectivity index (χ4v) is 0.367. The van der Waals surface area contributed by atoms with E-state index in [0.717, 1.165) is 0 Å². The van der Waals surface area contributed by atoms with E-state index in [2.05, 4.69) is 29.3 Å². The molecule has 0 amide bonds. The van der Waals surface area contributed by atoms with Crippen molar-refractivity contribution in [3.63, 3.8) is 0 Å². The number of hydrogen-bond donors (Lipinski definition) is 0. The van der Waals surface area contributed by atoms with Crippen LogP contribution < -0.4 is 0 Å². The van der Waals surface area contributed by atoms with Crippen molar-refractivity contribution in [3.8, 4) is 0 Å². The first-order valence-corrected chi connectivity index (χ1v) is 3.72. The molecule has 8 nitrogen and oxygen atoms in total. The fraction of sp³-hybridized carbons (Fsp3) is 0.667. The smallest absolute Gasteiger partial charge is 0.433 e. The van der Waals surface area contributed by atoms with Crippen molar-refractivity contribution in [2.24, 2.45) is 0 Å². The number of rotatable bonds is 5. The third kappa shape index (κ3) is 7.13. The molecule has 0 bridgehead atoms. The normalized spacial score (nSPS) is 9.00. The van der Waals surface area contributed by atoms with E-state index in [-0.39, 0.29) is 13.2 Å². The van der Waals surface area contributed by atoms with Crippen LogP contribution in [0, 0.1) is 0 Å². The van der Waals surface area contributed by atoms with Gasteiger partial charge in [0.15, 0.2) is 0 Å². The molecule has 0 aliphatic heterocycles. The summed E-state index contributed by atoms with van der Waals surface area (Å²) in [4.78, 5) is 28.4. The summed E-state index contributed by atoms with van der Waals surface area (Å²) in [5.74, 6) is 0. The van der Waals surface area contributed by atoms with Gasteiger partial charge in [0, 0.05) is 10.1 Å². The lowest BCUT2D eigenvalue weighted by atomic mass is 10.9. The zero-order chi connectivity index (χ0) is 10.8. The van der Waals surface area contributed by atoms with E-state index in [9.17, 15) is 9.59 Å². The summed E-state index contributed by atoms with van der Waals surface area (Å²) >= 11 is 0. The van der Waals surface area contributed by atoms with Crippen molar-refractivity contribution in [2.45, 2.75) is 13.8 Å². The monoisotopic (exact) mass is 210 g/mol. The Balaban J connectivity index is 3.28. The summed E-state index contributed by atoms with van der Waals surface area (Å²) in [6.07, 6.45) is -2.25. The lowest BCUT2D eigenvalue weighted by Crippen LogP contribution is -2.12. The molecule has 0 unspecified atom stereocenters. The summed E-state index contributed by atoms with van der Waals surface area (Å²) in [5.41, 5.74) is 0. The van der Waals surface area contributed by atoms with Gasteiger partial charge in [-0.15, -0.1) is 0 Å². The lowest BCUT2D eigenvalue weighted by molar-refractivity contribution is -0.600. The highest BCUT2D eigenvalue weighted by Crippen LogP contribution is 1.91. The summed E-state index contributed by atoms with van der Waals surface area (Å²) in [6, 6.07) is 0. The van der Waals surface area contributed by atoms with Crippen LogP contribution in [0.3, 0.4) is 0 Å². The van der Waals surface area contributed by atoms with Gasteiger partial charge in [0.2, 0.25) is 0 Å². The van der Waals surface area contributed by atoms with Crippen LogP contribution in [0.25, 0.3) is 0 Å². The first-order valence-electron chi connectivity index (χ1n) is 3.72. The standard InChI is InChI=1S/C6H10O8/c1-3-9-5(7)11-13-14-12-6(8)10-4-2/h3-4H2,1-2H3. The zero-order valence-corrected chi connectivity index (χ0v) is 7.68. The molecule has 82 valence electrons. The van der Waals surface area contributed by atoms with Gasteiger partial charge in [-0.05, 0) is 13.8 Å². The van der Waals surface area contributed by atoms with Crippen molar-refractivity contribution >= 4 is 12.3 Å². The SMILES string of the molecule is CCOC(=O)OOOOC(=O)OCC. The van der Waals surface area contributed by atoms with Crippen LogP contribution in [-0.4, -0.2) is 25.5 Å². The Bertz CT molecular complexity index is 159. The van der Waals surface area contributed by atoms with Gasteiger partial charge in [0.25, 0.3) is 0 Å². The van der Waals surface area contributed by atoms with E-state index in [1.807, 2.05) is 0 Å². The lowest BCUT2D eigenvalue weighted by Gasteiger charge is -2.01.